The second kappa shape index (κ2) is 13.4. The smallest absolute Gasteiger partial charge is 0.344 e. The largest absolute Gasteiger partial charge is 0.496 e. The van der Waals surface area contributed by atoms with Crippen molar-refractivity contribution < 1.29 is 42.8 Å². The highest BCUT2D eigenvalue weighted by atomic mass is 19.1. The van der Waals surface area contributed by atoms with E-state index in [0.29, 0.717) is 68.1 Å². The van der Waals surface area contributed by atoms with E-state index in [4.69, 9.17) is 18.9 Å². The number of nitrogens with one attached hydrogen (secondary N) is 1. The topological polar surface area (TPSA) is 134 Å². The summed E-state index contributed by atoms with van der Waals surface area (Å²) in [7, 11) is 6.06. The minimum Gasteiger partial charge on any atom is -0.496 e. The summed E-state index contributed by atoms with van der Waals surface area (Å²) in [6, 6.07) is 10.7. The number of likely N-dealkylation sites (N-methyl/N-ethyl adjacent to an activating group) is 1. The van der Waals surface area contributed by atoms with Gasteiger partial charge in [0.05, 0.1) is 27.4 Å². The standard InChI is InChI=1S/C45H53FN4O8/c1-8-42-14-11-16-50-17-15-43(37(42)50)31-19-32(35(55-5)20-34(31)48(4)38(43)45(54,41(53)57-7)39(42)58-26(3)51)44(40(52)56-6)21-27-18-28(25(2)46)23-49(22-27)24-30-29-12-9-10-13-33(29)47-36(30)44/h9-14,18-20,25,27,37-39,47,54H,8,15-17,21-24H2,1-7H3/t25?,27?,37-,38+,39+,42+,43+,44-,45-/m0/s1. The molecular weight excluding hydrogens is 744 g/mol. The van der Waals surface area contributed by atoms with E-state index in [0.717, 1.165) is 27.7 Å². The molecule has 0 amide bonds. The van der Waals surface area contributed by atoms with Crippen molar-refractivity contribution in [2.75, 3.05) is 59.5 Å². The Balaban J connectivity index is 1.37. The van der Waals surface area contributed by atoms with Crippen LogP contribution in [0.2, 0.25) is 0 Å². The van der Waals surface area contributed by atoms with Crippen LogP contribution in [-0.4, -0.2) is 122 Å². The second-order valence-electron chi connectivity index (χ2n) is 17.4. The van der Waals surface area contributed by atoms with E-state index in [2.05, 4.69) is 20.9 Å². The van der Waals surface area contributed by atoms with Crippen molar-refractivity contribution in [2.24, 2.45) is 11.3 Å². The lowest BCUT2D eigenvalue weighted by molar-refractivity contribution is -0.228. The van der Waals surface area contributed by atoms with Crippen molar-refractivity contribution in [2.45, 2.75) is 87.4 Å². The Kier molecular flexibility index (Phi) is 8.96. The highest BCUT2D eigenvalue weighted by Gasteiger charge is 2.80. The summed E-state index contributed by atoms with van der Waals surface area (Å²) in [6.07, 6.45) is 4.90. The van der Waals surface area contributed by atoms with E-state index >= 15 is 9.18 Å². The first-order valence-electron chi connectivity index (χ1n) is 20.4. The van der Waals surface area contributed by atoms with Crippen LogP contribution in [0.1, 0.15) is 62.4 Å². The van der Waals surface area contributed by atoms with Crippen molar-refractivity contribution in [1.82, 2.24) is 14.8 Å². The maximum atomic E-state index is 15.2. The first kappa shape index (κ1) is 38.8. The molecule has 6 aliphatic rings. The Morgan fingerprint density at radius 2 is 1.81 bits per heavy atom. The van der Waals surface area contributed by atoms with Gasteiger partial charge in [-0.15, -0.1) is 0 Å². The molecular formula is C45H53FN4O8. The number of anilines is 1. The SMILES string of the molecule is CC[C@]12C=CCN3CC[C@@]4(c5cc([C@@]6(C(=O)OC)CC7C=C(C(C)F)CN(Cc8c6[nH]c6ccccc86)C7)c(OC)cc5N(C)[C@H]4[C@@](O)(C(=O)OC)[C@@H]1OC(C)=O)[C@@H]32. The van der Waals surface area contributed by atoms with Crippen LogP contribution in [0.4, 0.5) is 10.1 Å². The predicted octanol–water partition coefficient (Wildman–Crippen LogP) is 4.70. The van der Waals surface area contributed by atoms with Gasteiger partial charge in [-0.2, -0.15) is 0 Å². The minimum absolute atomic E-state index is 0.228. The number of H-pyrrole nitrogens is 1. The number of alkyl halides is 1. The average Bonchev–Trinajstić information content (AvgIpc) is 3.87. The number of benzene rings is 2. The molecule has 1 saturated heterocycles. The Morgan fingerprint density at radius 1 is 1.05 bits per heavy atom. The summed E-state index contributed by atoms with van der Waals surface area (Å²) < 4.78 is 39.0. The second-order valence-corrected chi connectivity index (χ2v) is 17.4. The van der Waals surface area contributed by atoms with Crippen LogP contribution in [0.15, 0.2) is 60.2 Å². The van der Waals surface area contributed by atoms with E-state index in [1.54, 1.807) is 14.0 Å². The molecule has 1 saturated carbocycles. The summed E-state index contributed by atoms with van der Waals surface area (Å²) >= 11 is 0. The van der Waals surface area contributed by atoms with E-state index in [1.807, 2.05) is 67.4 Å². The van der Waals surface area contributed by atoms with Crippen LogP contribution >= 0.6 is 0 Å². The first-order chi connectivity index (χ1) is 27.8. The molecule has 2 fully saturated rings. The Morgan fingerprint density at radius 3 is 2.50 bits per heavy atom. The molecule has 308 valence electrons. The summed E-state index contributed by atoms with van der Waals surface area (Å²) in [5, 5.41) is 14.2. The van der Waals surface area contributed by atoms with Gasteiger partial charge in [-0.05, 0) is 67.5 Å². The number of rotatable bonds is 7. The van der Waals surface area contributed by atoms with E-state index in [1.165, 1.54) is 21.1 Å². The number of halogens is 1. The third-order valence-electron chi connectivity index (χ3n) is 14.8. The van der Waals surface area contributed by atoms with E-state index < -0.39 is 58.1 Å². The number of para-hydroxylation sites is 1. The summed E-state index contributed by atoms with van der Waals surface area (Å²) in [6.45, 7) is 7.72. The fourth-order valence-corrected chi connectivity index (χ4v) is 12.8. The number of aromatic amines is 1. The lowest BCUT2D eigenvalue weighted by Crippen LogP contribution is -2.81. The quantitative estimate of drug-likeness (QED) is 0.196. The van der Waals surface area contributed by atoms with Crippen molar-refractivity contribution >= 4 is 34.5 Å². The summed E-state index contributed by atoms with van der Waals surface area (Å²) in [4.78, 5) is 52.7. The molecule has 1 aromatic heterocycles. The number of aliphatic hydroxyl groups is 1. The number of esters is 3. The number of hydrogen-bond donors (Lipinski definition) is 2. The Labute approximate surface area is 337 Å². The number of hydrogen-bond acceptors (Lipinski definition) is 11. The fraction of sp³-hybridized carbons (Fsp3) is 0.533. The van der Waals surface area contributed by atoms with Gasteiger partial charge < -0.3 is 33.9 Å². The van der Waals surface area contributed by atoms with Crippen LogP contribution in [0, 0.1) is 11.3 Å². The summed E-state index contributed by atoms with van der Waals surface area (Å²) in [5.41, 5.74) is -0.382. The van der Waals surface area contributed by atoms with Crippen molar-refractivity contribution in [1.29, 1.82) is 0 Å². The zero-order valence-electron chi connectivity index (χ0n) is 34.3. The molecule has 0 radical (unpaired) electrons. The number of methoxy groups -OCH3 is 3. The fourth-order valence-electron chi connectivity index (χ4n) is 12.8. The van der Waals surface area contributed by atoms with Crippen LogP contribution < -0.4 is 9.64 Å². The zero-order chi connectivity index (χ0) is 41.1. The molecule has 6 heterocycles. The molecule has 2 aromatic carbocycles. The molecule has 2 bridgehead atoms. The first-order valence-corrected chi connectivity index (χ1v) is 20.4. The van der Waals surface area contributed by atoms with Crippen LogP contribution in [0.5, 0.6) is 5.75 Å². The molecule has 9 rings (SSSR count). The molecule has 13 heteroatoms. The van der Waals surface area contributed by atoms with Gasteiger partial charge in [-0.3, -0.25) is 19.4 Å². The molecule has 1 aliphatic carbocycles. The van der Waals surface area contributed by atoms with Crippen LogP contribution in [0.25, 0.3) is 10.9 Å². The maximum absolute atomic E-state index is 15.2. The lowest BCUT2D eigenvalue weighted by atomic mass is 9.47. The maximum Gasteiger partial charge on any atom is 0.344 e. The predicted molar refractivity (Wildman–Crippen MR) is 214 cm³/mol. The van der Waals surface area contributed by atoms with Crippen molar-refractivity contribution in [3.63, 3.8) is 0 Å². The van der Waals surface area contributed by atoms with Crippen LogP contribution in [-0.2, 0) is 46.0 Å². The van der Waals surface area contributed by atoms with Gasteiger partial charge in [-0.25, -0.2) is 9.18 Å². The molecule has 10 atom stereocenters. The molecule has 3 aromatic rings. The van der Waals surface area contributed by atoms with Crippen molar-refractivity contribution in [3.8, 4) is 5.75 Å². The number of carbonyl (C=O) groups excluding carboxylic acids is 3. The normalized spacial score (nSPS) is 35.1. The van der Waals surface area contributed by atoms with Crippen LogP contribution in [0.3, 0.4) is 0 Å². The van der Waals surface area contributed by atoms with Gasteiger partial charge in [0.15, 0.2) is 6.10 Å². The van der Waals surface area contributed by atoms with E-state index in [9.17, 15) is 14.7 Å². The number of aromatic nitrogens is 1. The third kappa shape index (κ3) is 4.86. The Hall–Kier alpha value is -4.72. The Bertz CT molecular complexity index is 2290. The highest BCUT2D eigenvalue weighted by molar-refractivity contribution is 5.95. The monoisotopic (exact) mass is 796 g/mol. The lowest BCUT2D eigenvalue weighted by Gasteiger charge is -2.63. The van der Waals surface area contributed by atoms with Gasteiger partial charge in [0.2, 0.25) is 5.60 Å². The molecule has 3 unspecified atom stereocenters. The van der Waals surface area contributed by atoms with E-state index in [-0.39, 0.29) is 18.4 Å². The number of nitrogens with zero attached hydrogens (tertiary/aromatic N) is 3. The number of carbonyl (C=O) groups is 3. The average molecular weight is 797 g/mol. The molecule has 5 aliphatic heterocycles. The molecule has 58 heavy (non-hydrogen) atoms. The zero-order valence-corrected chi connectivity index (χ0v) is 34.3. The molecule has 2 N–H and O–H groups in total. The van der Waals surface area contributed by atoms with Gasteiger partial charge in [-0.1, -0.05) is 43.4 Å². The third-order valence-corrected chi connectivity index (χ3v) is 14.8. The van der Waals surface area contributed by atoms with Gasteiger partial charge in [0.1, 0.15) is 17.3 Å². The molecule has 1 spiro atoms. The number of ether oxygens (including phenoxy) is 4. The van der Waals surface area contributed by atoms with Gasteiger partial charge in [0, 0.05) is 90.9 Å². The number of fused-ring (bicyclic) bond motifs is 6. The van der Waals surface area contributed by atoms with Gasteiger partial charge >= 0.3 is 17.9 Å². The molecule has 12 nitrogen and oxygen atoms in total. The van der Waals surface area contributed by atoms with Gasteiger partial charge in [0.25, 0.3) is 0 Å². The minimum atomic E-state index is -2.31. The highest BCUT2D eigenvalue weighted by Crippen LogP contribution is 2.68. The van der Waals surface area contributed by atoms with Crippen molar-refractivity contribution in [3.05, 3.63) is 82.6 Å². The summed E-state index contributed by atoms with van der Waals surface area (Å²) in [5.74, 6) is -1.79.